The average Bonchev–Trinajstić information content (AvgIpc) is 2.99. The van der Waals surface area contributed by atoms with Crippen molar-refractivity contribution >= 4 is 17.0 Å². The molecule has 1 aliphatic rings. The van der Waals surface area contributed by atoms with Crippen LogP contribution in [0.2, 0.25) is 0 Å². The minimum atomic E-state index is 0.122. The summed E-state index contributed by atoms with van der Waals surface area (Å²) in [5.74, 6) is 0.122. The van der Waals surface area contributed by atoms with Crippen molar-refractivity contribution in [3.63, 3.8) is 0 Å². The molecule has 212 valence electrons. The molecule has 2 aromatic rings. The van der Waals surface area contributed by atoms with Gasteiger partial charge in [-0.3, -0.25) is 5.41 Å². The third-order valence-electron chi connectivity index (χ3n) is 6.21. The first-order valence-electron chi connectivity index (χ1n) is 13.8. The van der Waals surface area contributed by atoms with Gasteiger partial charge in [0.1, 0.15) is 5.84 Å². The Morgan fingerprint density at radius 2 is 1.66 bits per heavy atom. The van der Waals surface area contributed by atoms with Crippen LogP contribution in [0.5, 0.6) is 0 Å². The Morgan fingerprint density at radius 3 is 2.22 bits per heavy atom. The molecule has 0 saturated carbocycles. The molecule has 0 spiro atoms. The molecule has 2 aromatic carbocycles. The molecule has 0 aromatic heterocycles. The molecule has 0 saturated heterocycles. The van der Waals surface area contributed by atoms with Gasteiger partial charge in [-0.05, 0) is 80.0 Å². The highest BCUT2D eigenvalue weighted by Crippen LogP contribution is 2.22. The zero-order chi connectivity index (χ0) is 30.6. The van der Waals surface area contributed by atoms with Crippen LogP contribution < -0.4 is 5.73 Å². The summed E-state index contributed by atoms with van der Waals surface area (Å²) in [6, 6.07) is 16.1. The lowest BCUT2D eigenvalue weighted by atomic mass is 9.98. The molecule has 2 nitrogen and oxygen atoms in total. The zero-order valence-corrected chi connectivity index (χ0v) is 25.3. The van der Waals surface area contributed by atoms with Crippen LogP contribution in [0.4, 0.5) is 0 Å². The summed E-state index contributed by atoms with van der Waals surface area (Å²) in [5.41, 5.74) is 15.6. The second-order valence-corrected chi connectivity index (χ2v) is 9.55. The molecule has 1 aliphatic carbocycles. The first-order chi connectivity index (χ1) is 19.7. The van der Waals surface area contributed by atoms with E-state index >= 15 is 0 Å². The average molecular weight is 543 g/mol. The first kappa shape index (κ1) is 34.3. The molecule has 0 amide bonds. The van der Waals surface area contributed by atoms with Crippen molar-refractivity contribution in [3.8, 4) is 0 Å². The normalized spacial score (nSPS) is 13.2. The number of allylic oxidation sites excluding steroid dienone is 16. The summed E-state index contributed by atoms with van der Waals surface area (Å²) in [7, 11) is 0. The third-order valence-corrected chi connectivity index (χ3v) is 6.21. The molecule has 0 heterocycles. The summed E-state index contributed by atoms with van der Waals surface area (Å²) < 4.78 is 0. The van der Waals surface area contributed by atoms with E-state index in [2.05, 4.69) is 95.7 Å². The molecule has 0 aliphatic heterocycles. The Hall–Kier alpha value is -4.69. The standard InChI is InChI=1S/C13H14N2.C13H14.C13H18/c14-13(15)12-8-4-7-11(9-12)10-5-2-1-3-6-10;1-4-7-12(5-2)13-9-6-8-11(3)10-13;1-6-8-9-12(4)13(5)10-11(3)7-2/h2,4-9H,1,3H2,(H3,14,15);4-10H,1-2H2,3H3;6-10H,1,4H2,2-3,5H3/b;12-7+;9-8-,11-7-,13-10+. The molecule has 0 fully saturated rings. The van der Waals surface area contributed by atoms with E-state index < -0.39 is 0 Å². The van der Waals surface area contributed by atoms with Gasteiger partial charge < -0.3 is 5.73 Å². The molecule has 0 atom stereocenters. The van der Waals surface area contributed by atoms with Crippen molar-refractivity contribution in [2.75, 3.05) is 0 Å². The summed E-state index contributed by atoms with van der Waals surface area (Å²) >= 11 is 0. The van der Waals surface area contributed by atoms with E-state index in [0.717, 1.165) is 35.1 Å². The number of hydrogen-bond acceptors (Lipinski definition) is 1. The topological polar surface area (TPSA) is 49.9 Å². The van der Waals surface area contributed by atoms with Crippen LogP contribution in [-0.2, 0) is 0 Å². The Kier molecular flexibility index (Phi) is 16.2. The fraction of sp³-hybridized carbons (Fsp3) is 0.154. The van der Waals surface area contributed by atoms with Crippen LogP contribution in [0.25, 0.3) is 11.1 Å². The highest BCUT2D eigenvalue weighted by molar-refractivity contribution is 5.96. The molecule has 0 unspecified atom stereocenters. The van der Waals surface area contributed by atoms with E-state index in [-0.39, 0.29) is 5.84 Å². The number of nitrogens with one attached hydrogen (secondary N) is 1. The molecule has 0 bridgehead atoms. The van der Waals surface area contributed by atoms with Crippen LogP contribution in [-0.4, -0.2) is 5.84 Å². The monoisotopic (exact) mass is 542 g/mol. The Bertz CT molecular complexity index is 1400. The molecule has 3 rings (SSSR count). The third kappa shape index (κ3) is 13.3. The van der Waals surface area contributed by atoms with Gasteiger partial charge in [-0.2, -0.15) is 0 Å². The van der Waals surface area contributed by atoms with Gasteiger partial charge in [-0.25, -0.2) is 0 Å². The van der Waals surface area contributed by atoms with Gasteiger partial charge in [-0.1, -0.05) is 147 Å². The van der Waals surface area contributed by atoms with E-state index in [0.29, 0.717) is 0 Å². The number of rotatable bonds is 9. The number of aryl methyl sites for hydroxylation is 1. The lowest BCUT2D eigenvalue weighted by Crippen LogP contribution is -2.10. The molecule has 2 heteroatoms. The van der Waals surface area contributed by atoms with Crippen molar-refractivity contribution in [2.45, 2.75) is 40.5 Å². The van der Waals surface area contributed by atoms with Crippen molar-refractivity contribution in [3.05, 3.63) is 181 Å². The maximum absolute atomic E-state index is 7.39. The number of hydrogen-bond donors (Lipinski definition) is 2. The molecule has 0 radical (unpaired) electrons. The van der Waals surface area contributed by atoms with E-state index in [9.17, 15) is 0 Å². The SMILES string of the molecule is C=C/C=C(\C=C)c1cccc(C)c1.C=C/C=C\C(=C)/C(C)=C/C(C)=C\C.N=C(N)c1cccc(C2=CCCC=C2)c1. The van der Waals surface area contributed by atoms with Gasteiger partial charge >= 0.3 is 0 Å². The van der Waals surface area contributed by atoms with Crippen molar-refractivity contribution in [2.24, 2.45) is 5.73 Å². The minimum absolute atomic E-state index is 0.122. The summed E-state index contributed by atoms with van der Waals surface area (Å²) in [4.78, 5) is 0. The number of amidine groups is 1. The van der Waals surface area contributed by atoms with Crippen LogP contribution in [0.15, 0.2) is 158 Å². The van der Waals surface area contributed by atoms with Crippen LogP contribution >= 0.6 is 0 Å². The number of benzene rings is 2. The Labute approximate surface area is 248 Å². The maximum atomic E-state index is 7.39. The molecule has 41 heavy (non-hydrogen) atoms. The predicted octanol–water partition coefficient (Wildman–Crippen LogP) is 10.7. The fourth-order valence-corrected chi connectivity index (χ4v) is 3.76. The highest BCUT2D eigenvalue weighted by atomic mass is 14.7. The quantitative estimate of drug-likeness (QED) is 0.185. The lowest BCUT2D eigenvalue weighted by molar-refractivity contribution is 1.04. The van der Waals surface area contributed by atoms with E-state index in [1.165, 1.54) is 27.8 Å². The summed E-state index contributed by atoms with van der Waals surface area (Å²) in [5, 5.41) is 7.39. The molecular formula is C39H46N2. The number of nitrogen functional groups attached to an aromatic ring is 1. The van der Waals surface area contributed by atoms with Crippen molar-refractivity contribution in [1.29, 1.82) is 5.41 Å². The molecular weight excluding hydrogens is 496 g/mol. The van der Waals surface area contributed by atoms with Gasteiger partial charge in [0.05, 0.1) is 0 Å². The van der Waals surface area contributed by atoms with Crippen molar-refractivity contribution < 1.29 is 0 Å². The second kappa shape index (κ2) is 19.4. The highest BCUT2D eigenvalue weighted by Gasteiger charge is 2.03. The molecule has 3 N–H and O–H groups in total. The maximum Gasteiger partial charge on any atom is 0.122 e. The van der Waals surface area contributed by atoms with Gasteiger partial charge in [0.25, 0.3) is 0 Å². The van der Waals surface area contributed by atoms with Crippen LogP contribution in [0, 0.1) is 12.3 Å². The minimum Gasteiger partial charge on any atom is -0.384 e. The predicted molar refractivity (Wildman–Crippen MR) is 185 cm³/mol. The van der Waals surface area contributed by atoms with E-state index in [1.54, 1.807) is 12.2 Å². The Balaban J connectivity index is 0.000000309. The largest absolute Gasteiger partial charge is 0.384 e. The second-order valence-electron chi connectivity index (χ2n) is 9.55. The summed E-state index contributed by atoms with van der Waals surface area (Å²) in [6.07, 6.45) is 24.1. The fourth-order valence-electron chi connectivity index (χ4n) is 3.76. The first-order valence-corrected chi connectivity index (χ1v) is 13.8. The van der Waals surface area contributed by atoms with Gasteiger partial charge in [0.15, 0.2) is 0 Å². The van der Waals surface area contributed by atoms with Crippen LogP contribution in [0.1, 0.15) is 55.9 Å². The van der Waals surface area contributed by atoms with Crippen molar-refractivity contribution in [1.82, 2.24) is 0 Å². The van der Waals surface area contributed by atoms with Crippen LogP contribution in [0.3, 0.4) is 0 Å². The van der Waals surface area contributed by atoms with Gasteiger partial charge in [-0.15, -0.1) is 0 Å². The van der Waals surface area contributed by atoms with E-state index in [4.69, 9.17) is 11.1 Å². The zero-order valence-electron chi connectivity index (χ0n) is 25.3. The van der Waals surface area contributed by atoms with E-state index in [1.807, 2.05) is 61.6 Å². The Morgan fingerprint density at radius 1 is 0.951 bits per heavy atom. The lowest BCUT2D eigenvalue weighted by Gasteiger charge is -2.08. The smallest absolute Gasteiger partial charge is 0.122 e. The summed E-state index contributed by atoms with van der Waals surface area (Å²) in [6.45, 7) is 23.2. The van der Waals surface area contributed by atoms with Gasteiger partial charge in [0, 0.05) is 5.56 Å². The van der Waals surface area contributed by atoms with Gasteiger partial charge in [0.2, 0.25) is 0 Å². The number of nitrogens with two attached hydrogens (primary N) is 1.